The minimum Gasteiger partial charge on any atom is -0.297 e. The number of carbonyl (C=O) groups is 1. The molecule has 5 nitrogen and oxygen atoms in total. The number of nitrogens with zero attached hydrogens (tertiary/aromatic N) is 4. The van der Waals surface area contributed by atoms with E-state index in [1.54, 1.807) is 62.6 Å². The Morgan fingerprint density at radius 3 is 1.64 bits per heavy atom. The maximum atomic E-state index is 12.5. The Kier molecular flexibility index (Phi) is 4.41. The van der Waals surface area contributed by atoms with Gasteiger partial charge in [-0.25, -0.2) is 4.79 Å². The molecule has 0 aliphatic rings. The zero-order valence-electron chi connectivity index (χ0n) is 12.3. The van der Waals surface area contributed by atoms with Gasteiger partial charge < -0.3 is 0 Å². The zero-order valence-corrected chi connectivity index (χ0v) is 12.3. The number of rotatable bonds is 2. The van der Waals surface area contributed by atoms with E-state index in [9.17, 15) is 4.79 Å². The van der Waals surface area contributed by atoms with E-state index in [0.717, 1.165) is 0 Å². The molecule has 2 rings (SSSR count). The lowest BCUT2D eigenvalue weighted by Gasteiger charge is -2.25. The molecule has 0 fully saturated rings. The molecule has 0 aliphatic carbocycles. The van der Waals surface area contributed by atoms with Gasteiger partial charge in [-0.3, -0.25) is 9.80 Å². The fraction of sp³-hybridized carbons (Fsp3) is 0.118. The molecular formula is C17H14N4O. The van der Waals surface area contributed by atoms with Gasteiger partial charge in [0.05, 0.1) is 23.3 Å². The number of carbonyl (C=O) groups excluding carboxylic acids is 1. The number of benzene rings is 2. The van der Waals surface area contributed by atoms with E-state index in [2.05, 4.69) is 0 Å². The second-order valence-corrected chi connectivity index (χ2v) is 4.72. The first kappa shape index (κ1) is 15.1. The lowest BCUT2D eigenvalue weighted by atomic mass is 10.2. The van der Waals surface area contributed by atoms with Crippen LogP contribution in [0.4, 0.5) is 16.2 Å². The summed E-state index contributed by atoms with van der Waals surface area (Å²) in [4.78, 5) is 15.4. The first-order valence-electron chi connectivity index (χ1n) is 6.58. The minimum atomic E-state index is -0.259. The van der Waals surface area contributed by atoms with Gasteiger partial charge in [0.25, 0.3) is 0 Å². The second kappa shape index (κ2) is 6.43. The molecule has 0 heterocycles. The van der Waals surface area contributed by atoms with Crippen LogP contribution in [-0.4, -0.2) is 20.1 Å². The Morgan fingerprint density at radius 2 is 1.27 bits per heavy atom. The Labute approximate surface area is 129 Å². The highest BCUT2D eigenvalue weighted by atomic mass is 16.2. The Morgan fingerprint density at radius 1 is 0.864 bits per heavy atom. The Hall–Kier alpha value is -3.31. The van der Waals surface area contributed by atoms with Crippen LogP contribution in [0.5, 0.6) is 0 Å². The normalized spacial score (nSPS) is 9.45. The first-order chi connectivity index (χ1) is 10.6. The van der Waals surface area contributed by atoms with Gasteiger partial charge in [-0.15, -0.1) is 0 Å². The van der Waals surface area contributed by atoms with Crippen molar-refractivity contribution in [3.8, 4) is 12.1 Å². The third-order valence-corrected chi connectivity index (χ3v) is 3.30. The van der Waals surface area contributed by atoms with Crippen LogP contribution in [0.3, 0.4) is 0 Å². The van der Waals surface area contributed by atoms with Gasteiger partial charge >= 0.3 is 6.03 Å². The summed E-state index contributed by atoms with van der Waals surface area (Å²) in [6, 6.07) is 17.5. The molecule has 5 heteroatoms. The largest absolute Gasteiger partial charge is 0.328 e. The van der Waals surface area contributed by atoms with Crippen molar-refractivity contribution in [3.05, 3.63) is 59.7 Å². The standard InChI is InChI=1S/C17H14N4O/c1-20(15-7-3-5-13(9-15)11-18)17(22)21(2)16-8-4-6-14(10-16)12-19/h3-10H,1-2H3. The van der Waals surface area contributed by atoms with Crippen molar-refractivity contribution in [1.82, 2.24) is 0 Å². The number of nitriles is 2. The summed E-state index contributed by atoms with van der Waals surface area (Å²) in [7, 11) is 3.28. The van der Waals surface area contributed by atoms with Gasteiger partial charge in [0, 0.05) is 25.5 Å². The monoisotopic (exact) mass is 290 g/mol. The van der Waals surface area contributed by atoms with E-state index < -0.39 is 0 Å². The van der Waals surface area contributed by atoms with Crippen molar-refractivity contribution in [1.29, 1.82) is 10.5 Å². The summed E-state index contributed by atoms with van der Waals surface area (Å²) < 4.78 is 0. The second-order valence-electron chi connectivity index (χ2n) is 4.72. The van der Waals surface area contributed by atoms with Gasteiger partial charge in [-0.05, 0) is 36.4 Å². The molecule has 22 heavy (non-hydrogen) atoms. The van der Waals surface area contributed by atoms with Gasteiger partial charge in [-0.2, -0.15) is 10.5 Å². The topological polar surface area (TPSA) is 71.1 Å². The highest BCUT2D eigenvalue weighted by Gasteiger charge is 2.17. The van der Waals surface area contributed by atoms with Crippen LogP contribution in [0.1, 0.15) is 11.1 Å². The lowest BCUT2D eigenvalue weighted by molar-refractivity contribution is 0.253. The van der Waals surface area contributed by atoms with E-state index >= 15 is 0 Å². The van der Waals surface area contributed by atoms with Crippen molar-refractivity contribution in [2.45, 2.75) is 0 Å². The molecule has 0 N–H and O–H groups in total. The predicted molar refractivity (Wildman–Crippen MR) is 84.5 cm³/mol. The van der Waals surface area contributed by atoms with Crippen molar-refractivity contribution in [2.24, 2.45) is 0 Å². The highest BCUT2D eigenvalue weighted by molar-refractivity contribution is 6.02. The van der Waals surface area contributed by atoms with Gasteiger partial charge in [0.2, 0.25) is 0 Å². The van der Waals surface area contributed by atoms with Crippen molar-refractivity contribution in [2.75, 3.05) is 23.9 Å². The minimum absolute atomic E-state index is 0.259. The van der Waals surface area contributed by atoms with Crippen molar-refractivity contribution < 1.29 is 4.79 Å². The number of amides is 2. The highest BCUT2D eigenvalue weighted by Crippen LogP contribution is 2.20. The molecule has 2 aromatic rings. The zero-order chi connectivity index (χ0) is 16.1. The molecule has 0 saturated carbocycles. The molecule has 0 atom stereocenters. The van der Waals surface area contributed by atoms with E-state index in [1.807, 2.05) is 12.1 Å². The van der Waals surface area contributed by atoms with E-state index in [-0.39, 0.29) is 6.03 Å². The van der Waals surface area contributed by atoms with E-state index in [4.69, 9.17) is 10.5 Å². The molecule has 0 radical (unpaired) electrons. The summed E-state index contributed by atoms with van der Waals surface area (Å²) >= 11 is 0. The summed E-state index contributed by atoms with van der Waals surface area (Å²) in [5, 5.41) is 17.9. The van der Waals surface area contributed by atoms with Crippen LogP contribution in [0.2, 0.25) is 0 Å². The molecular weight excluding hydrogens is 276 g/mol. The van der Waals surface area contributed by atoms with Crippen LogP contribution < -0.4 is 9.80 Å². The van der Waals surface area contributed by atoms with Crippen LogP contribution in [0, 0.1) is 22.7 Å². The molecule has 0 bridgehead atoms. The van der Waals surface area contributed by atoms with E-state index in [1.165, 1.54) is 9.80 Å². The number of hydrogen-bond donors (Lipinski definition) is 0. The summed E-state index contributed by atoms with van der Waals surface area (Å²) in [5.74, 6) is 0. The number of hydrogen-bond acceptors (Lipinski definition) is 3. The number of anilines is 2. The third-order valence-electron chi connectivity index (χ3n) is 3.30. The van der Waals surface area contributed by atoms with Crippen molar-refractivity contribution >= 4 is 17.4 Å². The maximum absolute atomic E-state index is 12.5. The SMILES string of the molecule is CN(C(=O)N(C)c1cccc(C#N)c1)c1cccc(C#N)c1. The van der Waals surface area contributed by atoms with E-state index in [0.29, 0.717) is 22.5 Å². The summed E-state index contributed by atoms with van der Waals surface area (Å²) in [6.45, 7) is 0. The molecule has 0 spiro atoms. The Bertz CT molecular complexity index is 720. The maximum Gasteiger partial charge on any atom is 0.328 e. The van der Waals surface area contributed by atoms with Gasteiger partial charge in [-0.1, -0.05) is 12.1 Å². The first-order valence-corrected chi connectivity index (χ1v) is 6.58. The van der Waals surface area contributed by atoms with Gasteiger partial charge in [0.1, 0.15) is 0 Å². The molecule has 0 saturated heterocycles. The molecule has 2 amide bonds. The molecule has 0 aliphatic heterocycles. The van der Waals surface area contributed by atoms with Crippen LogP contribution in [0.25, 0.3) is 0 Å². The van der Waals surface area contributed by atoms with Crippen LogP contribution in [0.15, 0.2) is 48.5 Å². The summed E-state index contributed by atoms with van der Waals surface area (Å²) in [6.07, 6.45) is 0. The number of urea groups is 1. The fourth-order valence-corrected chi connectivity index (χ4v) is 2.01. The summed E-state index contributed by atoms with van der Waals surface area (Å²) in [5.41, 5.74) is 2.25. The quantitative estimate of drug-likeness (QED) is 0.853. The third kappa shape index (κ3) is 3.05. The van der Waals surface area contributed by atoms with Crippen LogP contribution in [-0.2, 0) is 0 Å². The predicted octanol–water partition coefficient (Wildman–Crippen LogP) is 3.12. The molecule has 108 valence electrons. The lowest BCUT2D eigenvalue weighted by Crippen LogP contribution is -2.38. The average Bonchev–Trinajstić information content (AvgIpc) is 2.59. The average molecular weight is 290 g/mol. The van der Waals surface area contributed by atoms with Crippen LogP contribution >= 0.6 is 0 Å². The van der Waals surface area contributed by atoms with Crippen molar-refractivity contribution in [3.63, 3.8) is 0 Å². The molecule has 0 aromatic heterocycles. The molecule has 0 unspecified atom stereocenters. The van der Waals surface area contributed by atoms with Gasteiger partial charge in [0.15, 0.2) is 0 Å². The smallest absolute Gasteiger partial charge is 0.297 e. The fourth-order valence-electron chi connectivity index (χ4n) is 2.01. The molecule has 2 aromatic carbocycles. The Balaban J connectivity index is 2.26.